The topological polar surface area (TPSA) is 75.7 Å². The minimum atomic E-state index is -4.23. The van der Waals surface area contributed by atoms with Gasteiger partial charge in [-0.3, -0.25) is 14.9 Å². The van der Waals surface area contributed by atoms with Crippen LogP contribution in [0.25, 0.3) is 0 Å². The highest BCUT2D eigenvalue weighted by Crippen LogP contribution is 2.49. The van der Waals surface area contributed by atoms with Crippen molar-refractivity contribution >= 4 is 23.5 Å². The molecule has 1 N–H and O–H groups in total. The summed E-state index contributed by atoms with van der Waals surface area (Å²) < 4.78 is 37.0. The third kappa shape index (κ3) is 4.09. The Morgan fingerprint density at radius 1 is 1.03 bits per heavy atom. The van der Waals surface area contributed by atoms with E-state index in [0.717, 1.165) is 4.90 Å². The molecule has 1 atom stereocenters. The number of Topliss-reactive ketones (excluding diaryl/α,β-unsaturated/α-hetero) is 1. The van der Waals surface area contributed by atoms with Crippen LogP contribution in [0.15, 0.2) is 54.6 Å². The van der Waals surface area contributed by atoms with Gasteiger partial charge in [0.1, 0.15) is 5.60 Å². The average Bonchev–Trinajstić information content (AvgIpc) is 2.94. The number of ketones is 1. The fraction of sp³-hybridized carbons (Fsp3) is 0.375. The van der Waals surface area contributed by atoms with E-state index in [9.17, 15) is 14.4 Å². The lowest BCUT2D eigenvalue weighted by Crippen LogP contribution is -2.66. The molecule has 8 heteroatoms. The molecule has 0 saturated heterocycles. The lowest BCUT2D eigenvalue weighted by atomic mass is 9.81. The minimum Gasteiger partial charge on any atom is -0.444 e. The molecule has 2 aromatic carbocycles. The number of alkyl halides is 2. The molecular weight excluding hydrogens is 418 g/mol. The van der Waals surface area contributed by atoms with Crippen LogP contribution in [0.2, 0.25) is 0 Å². The Morgan fingerprint density at radius 3 is 2.25 bits per heavy atom. The van der Waals surface area contributed by atoms with Crippen molar-refractivity contribution in [2.75, 3.05) is 11.9 Å². The molecule has 0 fully saturated rings. The molecule has 3 rings (SSSR count). The first-order valence-electron chi connectivity index (χ1n) is 10.2. The van der Waals surface area contributed by atoms with Crippen molar-refractivity contribution in [3.63, 3.8) is 0 Å². The molecule has 1 heterocycles. The van der Waals surface area contributed by atoms with Crippen molar-refractivity contribution in [3.05, 3.63) is 65.7 Å². The number of likely N-dealkylation sites (N-methyl/N-ethyl adjacent to an activating group) is 1. The summed E-state index contributed by atoms with van der Waals surface area (Å²) in [5.74, 6) is -6.78. The molecule has 1 aliphatic rings. The van der Waals surface area contributed by atoms with Gasteiger partial charge in [-0.25, -0.2) is 4.79 Å². The molecule has 2 amide bonds. The summed E-state index contributed by atoms with van der Waals surface area (Å²) in [7, 11) is 1.32. The highest BCUT2D eigenvalue weighted by atomic mass is 19.3. The molecule has 170 valence electrons. The van der Waals surface area contributed by atoms with E-state index in [1.807, 2.05) is 0 Å². The third-order valence-corrected chi connectivity index (χ3v) is 5.29. The largest absolute Gasteiger partial charge is 0.444 e. The van der Waals surface area contributed by atoms with Crippen LogP contribution < -0.4 is 10.2 Å². The summed E-state index contributed by atoms with van der Waals surface area (Å²) >= 11 is 0. The van der Waals surface area contributed by atoms with E-state index < -0.39 is 41.3 Å². The van der Waals surface area contributed by atoms with E-state index in [-0.39, 0.29) is 17.7 Å². The summed E-state index contributed by atoms with van der Waals surface area (Å²) in [4.78, 5) is 39.7. The van der Waals surface area contributed by atoms with Crippen LogP contribution >= 0.6 is 0 Å². The van der Waals surface area contributed by atoms with Gasteiger partial charge in [-0.05, 0) is 38.8 Å². The van der Waals surface area contributed by atoms with Crippen LogP contribution in [0.4, 0.5) is 19.3 Å². The second-order valence-electron chi connectivity index (χ2n) is 8.74. The van der Waals surface area contributed by atoms with Gasteiger partial charge in [-0.2, -0.15) is 8.78 Å². The van der Waals surface area contributed by atoms with Gasteiger partial charge in [0.05, 0.1) is 0 Å². The predicted octanol–water partition coefficient (Wildman–Crippen LogP) is 4.22. The molecule has 0 saturated carbocycles. The number of benzene rings is 2. The van der Waals surface area contributed by atoms with Crippen LogP contribution in [0.3, 0.4) is 0 Å². The van der Waals surface area contributed by atoms with E-state index in [1.54, 1.807) is 57.2 Å². The maximum Gasteiger partial charge on any atom is 0.408 e. The molecule has 0 aliphatic carbocycles. The zero-order valence-electron chi connectivity index (χ0n) is 18.4. The second kappa shape index (κ2) is 8.33. The van der Waals surface area contributed by atoms with Gasteiger partial charge in [0.25, 0.3) is 5.91 Å². The van der Waals surface area contributed by atoms with Gasteiger partial charge in [0, 0.05) is 24.7 Å². The summed E-state index contributed by atoms with van der Waals surface area (Å²) in [5.41, 5.74) is -3.17. The van der Waals surface area contributed by atoms with Crippen LogP contribution in [0.1, 0.15) is 38.3 Å². The van der Waals surface area contributed by atoms with E-state index in [2.05, 4.69) is 5.32 Å². The van der Waals surface area contributed by atoms with Crippen LogP contribution in [0.5, 0.6) is 0 Å². The standard InChI is InChI=1S/C24H26F2N2O4/c1-22(2,3)32-21(31)27-23(17-12-8-9-13-18(17)28(4)20(23)30)24(25,26)19(29)15-14-16-10-6-5-7-11-16/h5-13H,14-15H2,1-4H3,(H,27,31). The number of fused-ring (bicyclic) bond motifs is 1. The number of ether oxygens (including phenoxy) is 1. The molecular formula is C24H26F2N2O4. The Bertz CT molecular complexity index is 1030. The van der Waals surface area contributed by atoms with E-state index in [0.29, 0.717) is 5.56 Å². The SMILES string of the molecule is CN1C(=O)C(NC(=O)OC(C)(C)C)(C(F)(F)C(=O)CCc2ccccc2)c2ccccc21. The van der Waals surface area contributed by atoms with Crippen molar-refractivity contribution < 1.29 is 27.9 Å². The zero-order chi connectivity index (χ0) is 23.7. The van der Waals surface area contributed by atoms with Crippen molar-refractivity contribution in [1.29, 1.82) is 0 Å². The normalized spacial score (nSPS) is 18.3. The number of carbonyl (C=O) groups is 3. The fourth-order valence-electron chi connectivity index (χ4n) is 3.79. The number of hydrogen-bond acceptors (Lipinski definition) is 4. The van der Waals surface area contributed by atoms with Gasteiger partial charge in [0.15, 0.2) is 0 Å². The van der Waals surface area contributed by atoms with Crippen molar-refractivity contribution in [2.45, 2.75) is 50.7 Å². The van der Waals surface area contributed by atoms with Crippen molar-refractivity contribution in [1.82, 2.24) is 5.32 Å². The number of aryl methyl sites for hydroxylation is 1. The molecule has 32 heavy (non-hydrogen) atoms. The first-order valence-corrected chi connectivity index (χ1v) is 10.2. The second-order valence-corrected chi connectivity index (χ2v) is 8.74. The molecule has 2 aromatic rings. The summed E-state index contributed by atoms with van der Waals surface area (Å²) in [6.07, 6.45) is -1.65. The molecule has 1 unspecified atom stereocenters. The van der Waals surface area contributed by atoms with Crippen molar-refractivity contribution in [2.24, 2.45) is 0 Å². The monoisotopic (exact) mass is 444 g/mol. The molecule has 0 bridgehead atoms. The summed E-state index contributed by atoms with van der Waals surface area (Å²) in [6.45, 7) is 4.71. The Balaban J connectivity index is 2.03. The number of amides is 2. The van der Waals surface area contributed by atoms with Gasteiger partial charge in [-0.15, -0.1) is 0 Å². The number of anilines is 1. The molecule has 0 aromatic heterocycles. The van der Waals surface area contributed by atoms with E-state index in [4.69, 9.17) is 4.74 Å². The maximum absolute atomic E-state index is 15.9. The average molecular weight is 444 g/mol. The number of rotatable bonds is 6. The molecule has 0 spiro atoms. The van der Waals surface area contributed by atoms with Gasteiger partial charge in [0.2, 0.25) is 11.3 Å². The lowest BCUT2D eigenvalue weighted by molar-refractivity contribution is -0.164. The zero-order valence-corrected chi connectivity index (χ0v) is 18.4. The third-order valence-electron chi connectivity index (χ3n) is 5.29. The molecule has 0 radical (unpaired) electrons. The quantitative estimate of drug-likeness (QED) is 0.724. The number of halogens is 2. The first kappa shape index (κ1) is 23.4. The van der Waals surface area contributed by atoms with Crippen molar-refractivity contribution in [3.8, 4) is 0 Å². The summed E-state index contributed by atoms with van der Waals surface area (Å²) in [5, 5.41) is 2.08. The number of carbonyl (C=O) groups excluding carboxylic acids is 3. The Kier molecular flexibility index (Phi) is 6.09. The van der Waals surface area contributed by atoms with Gasteiger partial charge < -0.3 is 9.64 Å². The highest BCUT2D eigenvalue weighted by Gasteiger charge is 2.69. The Labute approximate surface area is 185 Å². The molecule has 6 nitrogen and oxygen atoms in total. The number of hydrogen-bond donors (Lipinski definition) is 1. The van der Waals surface area contributed by atoms with Crippen LogP contribution in [-0.2, 0) is 26.3 Å². The molecule has 1 aliphatic heterocycles. The number of nitrogens with zero attached hydrogens (tertiary/aromatic N) is 1. The first-order chi connectivity index (χ1) is 14.9. The van der Waals surface area contributed by atoms with Gasteiger partial charge >= 0.3 is 12.0 Å². The predicted molar refractivity (Wildman–Crippen MR) is 116 cm³/mol. The minimum absolute atomic E-state index is 0.0729. The smallest absolute Gasteiger partial charge is 0.408 e. The van der Waals surface area contributed by atoms with E-state index in [1.165, 1.54) is 25.2 Å². The summed E-state index contributed by atoms with van der Waals surface area (Å²) in [6, 6.07) is 14.6. The Hall–Kier alpha value is -3.29. The number of nitrogens with one attached hydrogen (secondary N) is 1. The Morgan fingerprint density at radius 2 is 1.62 bits per heavy atom. The van der Waals surface area contributed by atoms with Gasteiger partial charge in [-0.1, -0.05) is 48.5 Å². The number of para-hydroxylation sites is 1. The van der Waals surface area contributed by atoms with E-state index >= 15 is 8.78 Å². The van der Waals surface area contributed by atoms with Crippen LogP contribution in [-0.4, -0.2) is 36.4 Å². The number of alkyl carbamates (subject to hydrolysis) is 1. The fourth-order valence-corrected chi connectivity index (χ4v) is 3.79. The lowest BCUT2D eigenvalue weighted by Gasteiger charge is -2.36. The maximum atomic E-state index is 15.9. The van der Waals surface area contributed by atoms with Crippen LogP contribution in [0, 0.1) is 0 Å². The highest BCUT2D eigenvalue weighted by molar-refractivity contribution is 6.13.